The molecule has 1 amide bonds. The SMILES string of the molecule is Cc1ccc(NC(=O)c2ccnc(NC(C)(C)C)n2)c(C)c1. The van der Waals surface area contributed by atoms with Crippen molar-refractivity contribution < 1.29 is 4.79 Å². The van der Waals surface area contributed by atoms with E-state index in [0.29, 0.717) is 11.6 Å². The average Bonchev–Trinajstić information content (AvgIpc) is 2.40. The zero-order chi connectivity index (χ0) is 16.3. The number of nitrogens with one attached hydrogen (secondary N) is 2. The molecule has 2 aromatic rings. The van der Waals surface area contributed by atoms with E-state index in [9.17, 15) is 4.79 Å². The van der Waals surface area contributed by atoms with Crippen LogP contribution in [0, 0.1) is 13.8 Å². The van der Waals surface area contributed by atoms with Crippen molar-refractivity contribution in [2.45, 2.75) is 40.2 Å². The van der Waals surface area contributed by atoms with Crippen LogP contribution in [0.25, 0.3) is 0 Å². The molecule has 116 valence electrons. The maximum absolute atomic E-state index is 12.3. The normalized spacial score (nSPS) is 11.1. The average molecular weight is 298 g/mol. The molecule has 22 heavy (non-hydrogen) atoms. The summed E-state index contributed by atoms with van der Waals surface area (Å²) in [4.78, 5) is 20.7. The van der Waals surface area contributed by atoms with E-state index < -0.39 is 0 Å². The van der Waals surface area contributed by atoms with Crippen molar-refractivity contribution in [2.24, 2.45) is 0 Å². The summed E-state index contributed by atoms with van der Waals surface area (Å²) in [5, 5.41) is 6.04. The number of nitrogens with zero attached hydrogens (tertiary/aromatic N) is 2. The number of hydrogen-bond donors (Lipinski definition) is 2. The molecule has 0 saturated heterocycles. The lowest BCUT2D eigenvalue weighted by molar-refractivity contribution is 0.102. The second-order valence-corrected chi connectivity index (χ2v) is 6.41. The predicted octanol–water partition coefficient (Wildman–Crippen LogP) is 3.56. The molecule has 0 aliphatic carbocycles. The first-order valence-corrected chi connectivity index (χ1v) is 7.24. The molecule has 0 fully saturated rings. The predicted molar refractivity (Wildman–Crippen MR) is 89.3 cm³/mol. The Bertz CT molecular complexity index is 689. The lowest BCUT2D eigenvalue weighted by Gasteiger charge is -2.20. The second-order valence-electron chi connectivity index (χ2n) is 6.41. The summed E-state index contributed by atoms with van der Waals surface area (Å²) >= 11 is 0. The molecule has 0 spiro atoms. The zero-order valence-electron chi connectivity index (χ0n) is 13.7. The number of amides is 1. The summed E-state index contributed by atoms with van der Waals surface area (Å²) in [6, 6.07) is 7.50. The molecule has 1 aromatic carbocycles. The lowest BCUT2D eigenvalue weighted by atomic mass is 10.1. The Kier molecular flexibility index (Phi) is 4.45. The van der Waals surface area contributed by atoms with Crippen LogP contribution in [0.15, 0.2) is 30.5 Å². The van der Waals surface area contributed by atoms with Crippen molar-refractivity contribution in [3.63, 3.8) is 0 Å². The fourth-order valence-corrected chi connectivity index (χ4v) is 2.02. The first kappa shape index (κ1) is 15.9. The third-order valence-corrected chi connectivity index (χ3v) is 3.01. The number of carbonyl (C=O) groups is 1. The molecule has 0 bridgehead atoms. The third-order valence-electron chi connectivity index (χ3n) is 3.01. The van der Waals surface area contributed by atoms with Gasteiger partial charge in [-0.2, -0.15) is 0 Å². The molecule has 0 aliphatic heterocycles. The van der Waals surface area contributed by atoms with Gasteiger partial charge in [0, 0.05) is 17.4 Å². The Morgan fingerprint density at radius 1 is 1.14 bits per heavy atom. The number of rotatable bonds is 3. The maximum Gasteiger partial charge on any atom is 0.274 e. The van der Waals surface area contributed by atoms with Gasteiger partial charge in [-0.15, -0.1) is 0 Å². The van der Waals surface area contributed by atoms with E-state index >= 15 is 0 Å². The van der Waals surface area contributed by atoms with Crippen molar-refractivity contribution in [3.8, 4) is 0 Å². The van der Waals surface area contributed by atoms with Crippen LogP contribution < -0.4 is 10.6 Å². The number of benzene rings is 1. The minimum atomic E-state index is -0.244. The van der Waals surface area contributed by atoms with Gasteiger partial charge in [-0.05, 0) is 52.3 Å². The summed E-state index contributed by atoms with van der Waals surface area (Å²) in [5.41, 5.74) is 3.15. The second kappa shape index (κ2) is 6.13. The van der Waals surface area contributed by atoms with Crippen molar-refractivity contribution in [2.75, 3.05) is 10.6 Å². The summed E-state index contributed by atoms with van der Waals surface area (Å²) in [5.74, 6) is 0.201. The van der Waals surface area contributed by atoms with Crippen molar-refractivity contribution in [1.29, 1.82) is 0 Å². The molecule has 0 saturated carbocycles. The molecule has 1 aromatic heterocycles. The van der Waals surface area contributed by atoms with Crippen molar-refractivity contribution in [3.05, 3.63) is 47.3 Å². The van der Waals surface area contributed by atoms with Gasteiger partial charge in [0.2, 0.25) is 5.95 Å². The van der Waals surface area contributed by atoms with Gasteiger partial charge in [-0.3, -0.25) is 4.79 Å². The Balaban J connectivity index is 2.17. The van der Waals surface area contributed by atoms with Crippen molar-refractivity contribution >= 4 is 17.5 Å². The van der Waals surface area contributed by atoms with E-state index in [0.717, 1.165) is 16.8 Å². The largest absolute Gasteiger partial charge is 0.350 e. The fraction of sp³-hybridized carbons (Fsp3) is 0.353. The van der Waals surface area contributed by atoms with Crippen LogP contribution in [0.4, 0.5) is 11.6 Å². The number of carbonyl (C=O) groups excluding carboxylic acids is 1. The number of aromatic nitrogens is 2. The zero-order valence-corrected chi connectivity index (χ0v) is 13.7. The fourth-order valence-electron chi connectivity index (χ4n) is 2.02. The first-order valence-electron chi connectivity index (χ1n) is 7.24. The molecule has 2 rings (SSSR count). The molecule has 5 heteroatoms. The highest BCUT2D eigenvalue weighted by atomic mass is 16.1. The van der Waals surface area contributed by atoms with Gasteiger partial charge in [0.1, 0.15) is 5.69 Å². The molecular weight excluding hydrogens is 276 g/mol. The monoisotopic (exact) mass is 298 g/mol. The third kappa shape index (κ3) is 4.28. The van der Waals surface area contributed by atoms with Crippen LogP contribution in [0.2, 0.25) is 0 Å². The molecule has 0 aliphatic rings. The van der Waals surface area contributed by atoms with Gasteiger partial charge in [0.05, 0.1) is 0 Å². The highest BCUT2D eigenvalue weighted by Gasteiger charge is 2.14. The number of anilines is 2. The molecule has 0 radical (unpaired) electrons. The summed E-state index contributed by atoms with van der Waals surface area (Å²) in [6.45, 7) is 10.0. The van der Waals surface area contributed by atoms with Gasteiger partial charge in [0.25, 0.3) is 5.91 Å². The minimum Gasteiger partial charge on any atom is -0.350 e. The topological polar surface area (TPSA) is 66.9 Å². The van der Waals surface area contributed by atoms with E-state index in [2.05, 4.69) is 20.6 Å². The lowest BCUT2D eigenvalue weighted by Crippen LogP contribution is -2.28. The Hall–Kier alpha value is -2.43. The maximum atomic E-state index is 12.3. The van der Waals surface area contributed by atoms with Crippen LogP contribution in [0.3, 0.4) is 0 Å². The van der Waals surface area contributed by atoms with Crippen LogP contribution in [-0.4, -0.2) is 21.4 Å². The van der Waals surface area contributed by atoms with E-state index in [1.165, 1.54) is 0 Å². The van der Waals surface area contributed by atoms with Gasteiger partial charge in [-0.25, -0.2) is 9.97 Å². The molecule has 2 N–H and O–H groups in total. The molecule has 1 heterocycles. The van der Waals surface area contributed by atoms with Crippen LogP contribution in [-0.2, 0) is 0 Å². The summed E-state index contributed by atoms with van der Waals surface area (Å²) < 4.78 is 0. The van der Waals surface area contributed by atoms with Crippen molar-refractivity contribution in [1.82, 2.24) is 9.97 Å². The van der Waals surface area contributed by atoms with Crippen LogP contribution in [0.5, 0.6) is 0 Å². The highest BCUT2D eigenvalue weighted by Crippen LogP contribution is 2.17. The number of aryl methyl sites for hydroxylation is 2. The Labute approximate surface area is 131 Å². The standard InChI is InChI=1S/C17H22N4O/c1-11-6-7-13(12(2)10-11)19-15(22)14-8-9-18-16(20-14)21-17(3,4)5/h6-10H,1-5H3,(H,19,22)(H,18,20,21). The summed E-state index contributed by atoms with van der Waals surface area (Å²) in [6.07, 6.45) is 1.58. The van der Waals surface area contributed by atoms with Gasteiger partial charge in [0.15, 0.2) is 0 Å². The Morgan fingerprint density at radius 2 is 1.86 bits per heavy atom. The molecule has 0 unspecified atom stereocenters. The van der Waals surface area contributed by atoms with E-state index in [1.54, 1.807) is 12.3 Å². The van der Waals surface area contributed by atoms with Gasteiger partial charge >= 0.3 is 0 Å². The first-order chi connectivity index (χ1) is 10.2. The van der Waals surface area contributed by atoms with E-state index in [4.69, 9.17) is 0 Å². The van der Waals surface area contributed by atoms with Crippen LogP contribution in [0.1, 0.15) is 42.4 Å². The van der Waals surface area contributed by atoms with E-state index in [1.807, 2.05) is 52.8 Å². The van der Waals surface area contributed by atoms with Gasteiger partial charge in [-0.1, -0.05) is 17.7 Å². The Morgan fingerprint density at radius 3 is 2.50 bits per heavy atom. The van der Waals surface area contributed by atoms with Crippen LogP contribution >= 0.6 is 0 Å². The molecule has 0 atom stereocenters. The number of hydrogen-bond acceptors (Lipinski definition) is 4. The van der Waals surface area contributed by atoms with Gasteiger partial charge < -0.3 is 10.6 Å². The smallest absolute Gasteiger partial charge is 0.274 e. The minimum absolute atomic E-state index is 0.164. The highest BCUT2D eigenvalue weighted by molar-refractivity contribution is 6.03. The molecular formula is C17H22N4O. The van der Waals surface area contributed by atoms with E-state index in [-0.39, 0.29) is 11.4 Å². The molecule has 5 nitrogen and oxygen atoms in total. The summed E-state index contributed by atoms with van der Waals surface area (Å²) in [7, 11) is 0. The quantitative estimate of drug-likeness (QED) is 0.909.